The van der Waals surface area contributed by atoms with E-state index in [9.17, 15) is 4.79 Å². The second-order valence-corrected chi connectivity index (χ2v) is 5.33. The first-order valence-electron chi connectivity index (χ1n) is 7.48. The van der Waals surface area contributed by atoms with Gasteiger partial charge in [0.15, 0.2) is 0 Å². The van der Waals surface area contributed by atoms with E-state index in [1.54, 1.807) is 12.1 Å². The van der Waals surface area contributed by atoms with Crippen LogP contribution >= 0.6 is 12.4 Å². The van der Waals surface area contributed by atoms with Crippen LogP contribution in [0.25, 0.3) is 0 Å². The van der Waals surface area contributed by atoms with Gasteiger partial charge < -0.3 is 15.8 Å². The van der Waals surface area contributed by atoms with E-state index in [0.29, 0.717) is 12.1 Å². The summed E-state index contributed by atoms with van der Waals surface area (Å²) >= 11 is 0. The molecule has 4 nitrogen and oxygen atoms in total. The summed E-state index contributed by atoms with van der Waals surface area (Å²) in [6.07, 6.45) is 1.47. The maximum atomic E-state index is 12.0. The molecule has 23 heavy (non-hydrogen) atoms. The summed E-state index contributed by atoms with van der Waals surface area (Å²) in [4.78, 5) is 12.0. The van der Waals surface area contributed by atoms with Gasteiger partial charge in [-0.15, -0.1) is 12.4 Å². The fourth-order valence-corrected chi connectivity index (χ4v) is 1.96. The third-order valence-electron chi connectivity index (χ3n) is 3.39. The number of amides is 1. The second kappa shape index (κ2) is 9.06. The number of carbonyl (C=O) groups is 1. The van der Waals surface area contributed by atoms with Crippen LogP contribution < -0.4 is 15.8 Å². The molecule has 1 unspecified atom stereocenters. The van der Waals surface area contributed by atoms with Crippen molar-refractivity contribution in [2.45, 2.75) is 32.8 Å². The van der Waals surface area contributed by atoms with Gasteiger partial charge in [-0.2, -0.15) is 0 Å². The van der Waals surface area contributed by atoms with Crippen molar-refractivity contribution >= 4 is 29.7 Å². The maximum absolute atomic E-state index is 12.0. The van der Waals surface area contributed by atoms with Crippen molar-refractivity contribution < 1.29 is 9.53 Å². The number of nitrogens with one attached hydrogen (secondary N) is 1. The molecule has 0 aliphatic heterocycles. The lowest BCUT2D eigenvalue weighted by Crippen LogP contribution is -2.14. The zero-order valence-corrected chi connectivity index (χ0v) is 14.2. The number of hydrogen-bond acceptors (Lipinski definition) is 3. The standard InChI is InChI=1S/C18H22N2O2.ClH/c1-3-13(2)22-17-10-8-16(9-11-17)20-18(21)12-14-4-6-15(19)7-5-14;/h4-11,13H,3,12,19H2,1-2H3,(H,20,21);1H. The van der Waals surface area contributed by atoms with Gasteiger partial charge in [-0.3, -0.25) is 4.79 Å². The Morgan fingerprint density at radius 2 is 1.74 bits per heavy atom. The number of nitrogen functional groups attached to an aromatic ring is 1. The van der Waals surface area contributed by atoms with Crippen molar-refractivity contribution in [3.63, 3.8) is 0 Å². The van der Waals surface area contributed by atoms with Crippen LogP contribution in [-0.4, -0.2) is 12.0 Å². The third-order valence-corrected chi connectivity index (χ3v) is 3.39. The fourth-order valence-electron chi connectivity index (χ4n) is 1.96. The molecule has 2 aromatic rings. The van der Waals surface area contributed by atoms with Crippen molar-refractivity contribution in [1.29, 1.82) is 0 Å². The lowest BCUT2D eigenvalue weighted by atomic mass is 10.1. The Hall–Kier alpha value is -2.20. The summed E-state index contributed by atoms with van der Waals surface area (Å²) in [6.45, 7) is 4.11. The van der Waals surface area contributed by atoms with Gasteiger partial charge in [0, 0.05) is 11.4 Å². The fraction of sp³-hybridized carbons (Fsp3) is 0.278. The van der Waals surface area contributed by atoms with E-state index in [0.717, 1.165) is 23.4 Å². The Bertz CT molecular complexity index is 612. The van der Waals surface area contributed by atoms with Gasteiger partial charge in [0.1, 0.15) is 5.75 Å². The Kier molecular flexibility index (Phi) is 7.42. The van der Waals surface area contributed by atoms with Crippen molar-refractivity contribution in [2.75, 3.05) is 11.1 Å². The molecule has 0 aliphatic rings. The predicted octanol–water partition coefficient (Wildman–Crippen LogP) is 4.05. The monoisotopic (exact) mass is 334 g/mol. The maximum Gasteiger partial charge on any atom is 0.228 e. The molecule has 2 aromatic carbocycles. The minimum absolute atomic E-state index is 0. The summed E-state index contributed by atoms with van der Waals surface area (Å²) in [5.74, 6) is 0.756. The van der Waals surface area contributed by atoms with Crippen LogP contribution in [-0.2, 0) is 11.2 Å². The SMILES string of the molecule is CCC(C)Oc1ccc(NC(=O)Cc2ccc(N)cc2)cc1.Cl. The third kappa shape index (κ3) is 6.20. The van der Waals surface area contributed by atoms with Crippen LogP contribution in [0.1, 0.15) is 25.8 Å². The van der Waals surface area contributed by atoms with Gasteiger partial charge in [-0.1, -0.05) is 19.1 Å². The molecule has 0 aliphatic carbocycles. The highest BCUT2D eigenvalue weighted by molar-refractivity contribution is 5.92. The van der Waals surface area contributed by atoms with Gasteiger partial charge in [-0.05, 0) is 55.3 Å². The first kappa shape index (κ1) is 18.8. The van der Waals surface area contributed by atoms with Crippen LogP contribution in [0.15, 0.2) is 48.5 Å². The molecule has 1 atom stereocenters. The highest BCUT2D eigenvalue weighted by Crippen LogP contribution is 2.18. The lowest BCUT2D eigenvalue weighted by Gasteiger charge is -2.13. The number of halogens is 1. The first-order chi connectivity index (χ1) is 10.6. The summed E-state index contributed by atoms with van der Waals surface area (Å²) in [5, 5.41) is 2.87. The second-order valence-electron chi connectivity index (χ2n) is 5.33. The molecule has 0 spiro atoms. The van der Waals surface area contributed by atoms with Gasteiger partial charge >= 0.3 is 0 Å². The molecule has 0 bridgehead atoms. The molecule has 3 N–H and O–H groups in total. The van der Waals surface area contributed by atoms with Crippen LogP contribution in [0.2, 0.25) is 0 Å². The Balaban J connectivity index is 0.00000264. The molecule has 0 radical (unpaired) electrons. The molecule has 2 rings (SSSR count). The molecule has 124 valence electrons. The average molecular weight is 335 g/mol. The molecule has 0 heterocycles. The van der Waals surface area contributed by atoms with E-state index in [2.05, 4.69) is 12.2 Å². The Labute approximate surface area is 143 Å². The largest absolute Gasteiger partial charge is 0.491 e. The molecular formula is C18H23ClN2O2. The van der Waals surface area contributed by atoms with Crippen molar-refractivity contribution in [3.8, 4) is 5.75 Å². The van der Waals surface area contributed by atoms with Crippen LogP contribution in [0.3, 0.4) is 0 Å². The number of rotatable bonds is 6. The first-order valence-corrected chi connectivity index (χ1v) is 7.48. The number of anilines is 2. The van der Waals surface area contributed by atoms with E-state index in [1.807, 2.05) is 43.3 Å². The molecule has 0 saturated carbocycles. The minimum atomic E-state index is -0.0552. The lowest BCUT2D eigenvalue weighted by molar-refractivity contribution is -0.115. The molecule has 0 saturated heterocycles. The van der Waals surface area contributed by atoms with E-state index in [4.69, 9.17) is 10.5 Å². The zero-order chi connectivity index (χ0) is 15.9. The van der Waals surface area contributed by atoms with Gasteiger partial charge in [0.2, 0.25) is 5.91 Å². The van der Waals surface area contributed by atoms with E-state index < -0.39 is 0 Å². The molecule has 1 amide bonds. The number of ether oxygens (including phenoxy) is 1. The summed E-state index contributed by atoms with van der Waals surface area (Å²) in [5.41, 5.74) is 8.02. The Morgan fingerprint density at radius 1 is 1.13 bits per heavy atom. The van der Waals surface area contributed by atoms with E-state index >= 15 is 0 Å². The average Bonchev–Trinajstić information content (AvgIpc) is 2.51. The zero-order valence-electron chi connectivity index (χ0n) is 13.4. The summed E-state index contributed by atoms with van der Waals surface area (Å²) in [6, 6.07) is 14.7. The number of hydrogen-bond donors (Lipinski definition) is 2. The Morgan fingerprint density at radius 3 is 2.30 bits per heavy atom. The smallest absolute Gasteiger partial charge is 0.228 e. The van der Waals surface area contributed by atoms with E-state index in [-0.39, 0.29) is 24.4 Å². The normalized spacial score (nSPS) is 11.2. The van der Waals surface area contributed by atoms with Crippen LogP contribution in [0.4, 0.5) is 11.4 Å². The topological polar surface area (TPSA) is 64.3 Å². The molecule has 0 fully saturated rings. The minimum Gasteiger partial charge on any atom is -0.491 e. The summed E-state index contributed by atoms with van der Waals surface area (Å²) in [7, 11) is 0. The highest BCUT2D eigenvalue weighted by atomic mass is 35.5. The van der Waals surface area contributed by atoms with Crippen LogP contribution in [0, 0.1) is 0 Å². The highest BCUT2D eigenvalue weighted by Gasteiger charge is 2.05. The number of carbonyl (C=O) groups excluding carboxylic acids is 1. The molecular weight excluding hydrogens is 312 g/mol. The molecule has 0 aromatic heterocycles. The van der Waals surface area contributed by atoms with E-state index in [1.165, 1.54) is 0 Å². The van der Waals surface area contributed by atoms with Crippen molar-refractivity contribution in [3.05, 3.63) is 54.1 Å². The summed E-state index contributed by atoms with van der Waals surface area (Å²) < 4.78 is 5.71. The molecule has 5 heteroatoms. The number of benzene rings is 2. The van der Waals surface area contributed by atoms with Gasteiger partial charge in [0.25, 0.3) is 0 Å². The predicted molar refractivity (Wildman–Crippen MR) is 97.3 cm³/mol. The number of nitrogens with two attached hydrogens (primary N) is 1. The van der Waals surface area contributed by atoms with Crippen molar-refractivity contribution in [1.82, 2.24) is 0 Å². The van der Waals surface area contributed by atoms with Gasteiger partial charge in [-0.25, -0.2) is 0 Å². The van der Waals surface area contributed by atoms with Crippen molar-refractivity contribution in [2.24, 2.45) is 0 Å². The van der Waals surface area contributed by atoms with Crippen LogP contribution in [0.5, 0.6) is 5.75 Å². The quantitative estimate of drug-likeness (QED) is 0.783. The van der Waals surface area contributed by atoms with Gasteiger partial charge in [0.05, 0.1) is 12.5 Å².